The van der Waals surface area contributed by atoms with Crippen LogP contribution in [0.2, 0.25) is 0 Å². The molecule has 0 saturated heterocycles. The fourth-order valence-corrected chi connectivity index (χ4v) is 2.74. The molecule has 1 aromatic heterocycles. The number of thiazole rings is 1. The van der Waals surface area contributed by atoms with Gasteiger partial charge in [0, 0.05) is 19.1 Å². The van der Waals surface area contributed by atoms with Gasteiger partial charge in [0.1, 0.15) is 0 Å². The third kappa shape index (κ3) is 3.49. The molecule has 0 unspecified atom stereocenters. The van der Waals surface area contributed by atoms with Crippen LogP contribution < -0.4 is 5.32 Å². The van der Waals surface area contributed by atoms with Gasteiger partial charge < -0.3 is 5.32 Å². The summed E-state index contributed by atoms with van der Waals surface area (Å²) in [5.74, 6) is -0.0656. The van der Waals surface area contributed by atoms with Gasteiger partial charge in [0.25, 0.3) is 5.91 Å². The summed E-state index contributed by atoms with van der Waals surface area (Å²) in [4.78, 5) is 17.0. The van der Waals surface area contributed by atoms with Gasteiger partial charge in [-0.2, -0.15) is 0 Å². The molecule has 1 heterocycles. The fraction of sp³-hybridized carbons (Fsp3) is 0.0909. The maximum absolute atomic E-state index is 12.0. The van der Waals surface area contributed by atoms with Crippen molar-refractivity contribution in [1.82, 2.24) is 10.3 Å². The van der Waals surface area contributed by atoms with Crippen molar-refractivity contribution in [2.75, 3.05) is 0 Å². The van der Waals surface area contributed by atoms with Crippen molar-refractivity contribution >= 4 is 55.8 Å². The number of nitrogens with one attached hydrogen (secondary N) is 1. The van der Waals surface area contributed by atoms with Gasteiger partial charge in [-0.1, -0.05) is 15.9 Å². The number of carbonyl (C=O) groups excluding carboxylic acids is 1. The lowest BCUT2D eigenvalue weighted by molar-refractivity contribution is 0.0950. The van der Waals surface area contributed by atoms with E-state index in [9.17, 15) is 4.79 Å². The van der Waals surface area contributed by atoms with Gasteiger partial charge in [-0.15, -0.1) is 11.3 Å². The van der Waals surface area contributed by atoms with Crippen molar-refractivity contribution in [1.29, 1.82) is 0 Å². The van der Waals surface area contributed by atoms with Gasteiger partial charge in [-0.05, 0) is 40.8 Å². The molecule has 2 aromatic rings. The molecule has 0 spiro atoms. The number of rotatable bonds is 3. The molecule has 0 fully saturated rings. The highest BCUT2D eigenvalue weighted by molar-refractivity contribution is 14.1. The summed E-state index contributed by atoms with van der Waals surface area (Å²) in [5, 5.41) is 2.88. The molecule has 88 valence electrons. The lowest BCUT2D eigenvalue weighted by Gasteiger charge is -2.06. The van der Waals surface area contributed by atoms with E-state index in [1.54, 1.807) is 11.7 Å². The summed E-state index contributed by atoms with van der Waals surface area (Å²) in [6, 6.07) is 5.65. The number of amides is 1. The summed E-state index contributed by atoms with van der Waals surface area (Å²) < 4.78 is 1.84. The predicted molar refractivity (Wildman–Crippen MR) is 80.1 cm³/mol. The zero-order chi connectivity index (χ0) is 12.3. The minimum Gasteiger partial charge on any atom is -0.347 e. The molecule has 0 atom stereocenters. The average Bonchev–Trinajstić information content (AvgIpc) is 2.82. The average molecular weight is 423 g/mol. The van der Waals surface area contributed by atoms with Crippen LogP contribution in [0.1, 0.15) is 15.2 Å². The number of carbonyl (C=O) groups is 1. The molecule has 0 aliphatic carbocycles. The van der Waals surface area contributed by atoms with E-state index in [1.807, 2.05) is 18.2 Å². The van der Waals surface area contributed by atoms with E-state index in [2.05, 4.69) is 48.8 Å². The number of hydrogen-bond acceptors (Lipinski definition) is 3. The maximum Gasteiger partial charge on any atom is 0.252 e. The van der Waals surface area contributed by atoms with E-state index < -0.39 is 0 Å². The highest BCUT2D eigenvalue weighted by atomic mass is 127. The van der Waals surface area contributed by atoms with Crippen molar-refractivity contribution < 1.29 is 4.79 Å². The minimum atomic E-state index is -0.0656. The second-order valence-electron chi connectivity index (χ2n) is 3.27. The minimum absolute atomic E-state index is 0.0656. The summed E-state index contributed by atoms with van der Waals surface area (Å²) in [6.45, 7) is 0.520. The summed E-state index contributed by atoms with van der Waals surface area (Å²) >= 11 is 7.05. The topological polar surface area (TPSA) is 42.0 Å². The quantitative estimate of drug-likeness (QED) is 0.770. The number of hydrogen-bond donors (Lipinski definition) is 1. The number of halogens is 2. The van der Waals surface area contributed by atoms with Crippen molar-refractivity contribution in [3.63, 3.8) is 0 Å². The largest absolute Gasteiger partial charge is 0.347 e. The van der Waals surface area contributed by atoms with E-state index in [4.69, 9.17) is 0 Å². The van der Waals surface area contributed by atoms with Crippen LogP contribution in [0.25, 0.3) is 0 Å². The Kier molecular flexibility index (Phi) is 4.52. The van der Waals surface area contributed by atoms with Crippen LogP contribution in [0.4, 0.5) is 0 Å². The van der Waals surface area contributed by atoms with Gasteiger partial charge >= 0.3 is 0 Å². The van der Waals surface area contributed by atoms with Crippen LogP contribution in [0, 0.1) is 3.57 Å². The molecule has 0 aliphatic rings. The molecule has 3 nitrogen and oxygen atoms in total. The Morgan fingerprint density at radius 2 is 2.35 bits per heavy atom. The van der Waals surface area contributed by atoms with E-state index in [1.165, 1.54) is 11.3 Å². The van der Waals surface area contributed by atoms with Crippen molar-refractivity contribution in [3.05, 3.63) is 48.4 Å². The van der Waals surface area contributed by atoms with Crippen LogP contribution in [0.3, 0.4) is 0 Å². The standard InChI is InChI=1S/C11H8BrIN2OS/c12-7-1-2-10(13)9(3-7)11(16)15-5-8-4-14-6-17-8/h1-4,6H,5H2,(H,15,16). The highest BCUT2D eigenvalue weighted by Gasteiger charge is 2.10. The molecular formula is C11H8BrIN2OS. The molecule has 0 bridgehead atoms. The van der Waals surface area contributed by atoms with Gasteiger partial charge in [-0.3, -0.25) is 9.78 Å². The molecule has 0 aliphatic heterocycles. The van der Waals surface area contributed by atoms with Gasteiger partial charge in [0.05, 0.1) is 17.6 Å². The van der Waals surface area contributed by atoms with E-state index in [-0.39, 0.29) is 5.91 Å². The second kappa shape index (κ2) is 5.92. The van der Waals surface area contributed by atoms with Gasteiger partial charge in [0.15, 0.2) is 0 Å². The predicted octanol–water partition coefficient (Wildman–Crippen LogP) is 3.44. The summed E-state index contributed by atoms with van der Waals surface area (Å²) in [5.41, 5.74) is 2.44. The summed E-state index contributed by atoms with van der Waals surface area (Å²) in [6.07, 6.45) is 1.76. The zero-order valence-corrected chi connectivity index (χ0v) is 13.2. The van der Waals surface area contributed by atoms with Crippen molar-refractivity contribution in [2.45, 2.75) is 6.54 Å². The Hall–Kier alpha value is -0.470. The Balaban J connectivity index is 2.07. The summed E-state index contributed by atoms with van der Waals surface area (Å²) in [7, 11) is 0. The Morgan fingerprint density at radius 1 is 1.53 bits per heavy atom. The van der Waals surface area contributed by atoms with Crippen LogP contribution in [-0.4, -0.2) is 10.9 Å². The zero-order valence-electron chi connectivity index (χ0n) is 8.61. The van der Waals surface area contributed by atoms with E-state index in [0.29, 0.717) is 12.1 Å². The number of nitrogens with zero attached hydrogens (tertiary/aromatic N) is 1. The monoisotopic (exact) mass is 422 g/mol. The maximum atomic E-state index is 12.0. The first kappa shape index (κ1) is 13.0. The number of benzene rings is 1. The fourth-order valence-electron chi connectivity index (χ4n) is 1.26. The Labute approximate surface area is 125 Å². The molecule has 6 heteroatoms. The van der Waals surface area contributed by atoms with Crippen LogP contribution in [0.15, 0.2) is 34.4 Å². The molecule has 1 N–H and O–H groups in total. The van der Waals surface area contributed by atoms with E-state index in [0.717, 1.165) is 12.9 Å². The third-order valence-corrected chi connectivity index (χ3v) is 4.29. The van der Waals surface area contributed by atoms with Crippen LogP contribution in [-0.2, 0) is 6.54 Å². The normalized spacial score (nSPS) is 10.2. The lowest BCUT2D eigenvalue weighted by Crippen LogP contribution is -2.23. The second-order valence-corrected chi connectivity index (χ2v) is 6.32. The molecule has 0 radical (unpaired) electrons. The molecule has 2 rings (SSSR count). The molecular weight excluding hydrogens is 415 g/mol. The highest BCUT2D eigenvalue weighted by Crippen LogP contribution is 2.18. The van der Waals surface area contributed by atoms with Crippen LogP contribution in [0.5, 0.6) is 0 Å². The first-order chi connectivity index (χ1) is 8.16. The lowest BCUT2D eigenvalue weighted by atomic mass is 10.2. The molecule has 1 aromatic carbocycles. The van der Waals surface area contributed by atoms with Crippen LogP contribution >= 0.6 is 49.9 Å². The third-order valence-electron chi connectivity index (χ3n) is 2.08. The van der Waals surface area contributed by atoms with Crippen molar-refractivity contribution in [3.8, 4) is 0 Å². The Morgan fingerprint density at radius 3 is 3.06 bits per heavy atom. The first-order valence-corrected chi connectivity index (χ1v) is 7.52. The molecule has 0 saturated carbocycles. The number of aromatic nitrogens is 1. The van der Waals surface area contributed by atoms with E-state index >= 15 is 0 Å². The van der Waals surface area contributed by atoms with Gasteiger partial charge in [-0.25, -0.2) is 0 Å². The SMILES string of the molecule is O=C(NCc1cncs1)c1cc(Br)ccc1I. The Bertz CT molecular complexity index is 530. The smallest absolute Gasteiger partial charge is 0.252 e. The molecule has 1 amide bonds. The first-order valence-electron chi connectivity index (χ1n) is 4.77. The van der Waals surface area contributed by atoms with Gasteiger partial charge in [0.2, 0.25) is 0 Å². The van der Waals surface area contributed by atoms with Crippen molar-refractivity contribution in [2.24, 2.45) is 0 Å². The molecule has 17 heavy (non-hydrogen) atoms.